The topological polar surface area (TPSA) is 0 Å². The summed E-state index contributed by atoms with van der Waals surface area (Å²) in [5.74, 6) is 0. The van der Waals surface area contributed by atoms with Crippen LogP contribution in [0.5, 0.6) is 0 Å². The Bertz CT molecular complexity index is 443. The van der Waals surface area contributed by atoms with Crippen molar-refractivity contribution in [3.8, 4) is 0 Å². The number of hydrogen-bond donors (Lipinski definition) is 0. The molecular formula is C15H17B. The SMILES string of the molecule is CB(c1ccccc1C)c1ccccc1C. The largest absolute Gasteiger partial charge is 0.206 e. The molecule has 0 nitrogen and oxygen atoms in total. The first kappa shape index (κ1) is 11.0. The van der Waals surface area contributed by atoms with Crippen molar-refractivity contribution < 1.29 is 0 Å². The van der Waals surface area contributed by atoms with Crippen LogP contribution >= 0.6 is 0 Å². The summed E-state index contributed by atoms with van der Waals surface area (Å²) in [6, 6.07) is 17.3. The summed E-state index contributed by atoms with van der Waals surface area (Å²) in [6.07, 6.45) is 0. The van der Waals surface area contributed by atoms with Crippen molar-refractivity contribution in [2.45, 2.75) is 20.7 Å². The summed E-state index contributed by atoms with van der Waals surface area (Å²) in [7, 11) is 0. The molecule has 16 heavy (non-hydrogen) atoms. The van der Waals surface area contributed by atoms with Gasteiger partial charge in [-0.2, -0.15) is 0 Å². The molecule has 2 aromatic carbocycles. The smallest absolute Gasteiger partial charge is 0.0774 e. The fourth-order valence-corrected chi connectivity index (χ4v) is 2.31. The van der Waals surface area contributed by atoms with Gasteiger partial charge in [-0.25, -0.2) is 0 Å². The molecule has 80 valence electrons. The summed E-state index contributed by atoms with van der Waals surface area (Å²) >= 11 is 0. The standard InChI is InChI=1S/C15H17B/c1-12-8-4-6-10-14(12)16(3)15-11-7-5-9-13(15)2/h4-11H,1-3H3. The highest BCUT2D eigenvalue weighted by atomic mass is 14.0. The molecule has 0 unspecified atom stereocenters. The van der Waals surface area contributed by atoms with E-state index in [1.807, 2.05) is 0 Å². The summed E-state index contributed by atoms with van der Waals surface area (Å²) < 4.78 is 0. The summed E-state index contributed by atoms with van der Waals surface area (Å²) in [5, 5.41) is 0. The van der Waals surface area contributed by atoms with Crippen LogP contribution < -0.4 is 10.9 Å². The molecule has 1 heteroatoms. The van der Waals surface area contributed by atoms with Crippen molar-refractivity contribution in [1.82, 2.24) is 0 Å². The average Bonchev–Trinajstić information content (AvgIpc) is 2.29. The zero-order valence-corrected chi connectivity index (χ0v) is 10.2. The Balaban J connectivity index is 2.44. The average molecular weight is 208 g/mol. The molecule has 0 amide bonds. The predicted molar refractivity (Wildman–Crippen MR) is 73.2 cm³/mol. The predicted octanol–water partition coefficient (Wildman–Crippen LogP) is 2.54. The van der Waals surface area contributed by atoms with E-state index in [-0.39, 0.29) is 0 Å². The number of aryl methyl sites for hydroxylation is 2. The van der Waals surface area contributed by atoms with Crippen LogP contribution in [0.15, 0.2) is 48.5 Å². The maximum atomic E-state index is 2.28. The van der Waals surface area contributed by atoms with Gasteiger partial charge < -0.3 is 0 Å². The lowest BCUT2D eigenvalue weighted by atomic mass is 9.41. The van der Waals surface area contributed by atoms with Gasteiger partial charge in [0.1, 0.15) is 0 Å². The van der Waals surface area contributed by atoms with Gasteiger partial charge in [-0.15, -0.1) is 0 Å². The third-order valence-corrected chi connectivity index (χ3v) is 3.31. The van der Waals surface area contributed by atoms with E-state index in [1.165, 1.54) is 22.1 Å². The molecule has 0 heterocycles. The van der Waals surface area contributed by atoms with Crippen molar-refractivity contribution >= 4 is 17.6 Å². The Hall–Kier alpha value is -1.50. The normalized spacial score (nSPS) is 10.2. The van der Waals surface area contributed by atoms with Crippen LogP contribution in [0.1, 0.15) is 11.1 Å². The molecule has 0 aliphatic heterocycles. The van der Waals surface area contributed by atoms with E-state index in [2.05, 4.69) is 69.2 Å². The lowest BCUT2D eigenvalue weighted by Crippen LogP contribution is -2.41. The molecular weight excluding hydrogens is 191 g/mol. The third kappa shape index (κ3) is 2.04. The lowest BCUT2D eigenvalue weighted by Gasteiger charge is -2.14. The highest BCUT2D eigenvalue weighted by Gasteiger charge is 2.15. The van der Waals surface area contributed by atoms with E-state index in [1.54, 1.807) is 0 Å². The van der Waals surface area contributed by atoms with E-state index >= 15 is 0 Å². The Labute approximate surface area is 98.4 Å². The molecule has 2 rings (SSSR count). The highest BCUT2D eigenvalue weighted by Crippen LogP contribution is 2.00. The second-order valence-corrected chi connectivity index (χ2v) is 4.43. The van der Waals surface area contributed by atoms with Crippen LogP contribution in [0.4, 0.5) is 0 Å². The summed E-state index contributed by atoms with van der Waals surface area (Å²) in [4.78, 5) is 0. The van der Waals surface area contributed by atoms with Crippen molar-refractivity contribution in [2.75, 3.05) is 0 Å². The molecule has 0 radical (unpaired) electrons. The van der Waals surface area contributed by atoms with Crippen molar-refractivity contribution in [1.29, 1.82) is 0 Å². The molecule has 0 spiro atoms. The highest BCUT2D eigenvalue weighted by molar-refractivity contribution is 6.84. The Morgan fingerprint density at radius 1 is 0.688 bits per heavy atom. The minimum atomic E-state index is 0.474. The van der Waals surface area contributed by atoms with E-state index in [0.717, 1.165) is 0 Å². The molecule has 0 aliphatic carbocycles. The molecule has 0 aromatic heterocycles. The minimum Gasteiger partial charge on any atom is -0.0774 e. The van der Waals surface area contributed by atoms with E-state index in [9.17, 15) is 0 Å². The Morgan fingerprint density at radius 3 is 1.44 bits per heavy atom. The Kier molecular flexibility index (Phi) is 3.14. The quantitative estimate of drug-likeness (QED) is 0.665. The van der Waals surface area contributed by atoms with Crippen molar-refractivity contribution in [3.05, 3.63) is 59.7 Å². The van der Waals surface area contributed by atoms with Crippen LogP contribution in [-0.4, -0.2) is 6.71 Å². The van der Waals surface area contributed by atoms with Crippen LogP contribution in [0.25, 0.3) is 0 Å². The molecule has 0 aliphatic rings. The minimum absolute atomic E-state index is 0.474. The molecule has 0 fully saturated rings. The summed E-state index contributed by atoms with van der Waals surface area (Å²) in [5.41, 5.74) is 5.60. The zero-order valence-electron chi connectivity index (χ0n) is 10.2. The van der Waals surface area contributed by atoms with Crippen LogP contribution in [0.2, 0.25) is 6.82 Å². The molecule has 0 atom stereocenters. The maximum absolute atomic E-state index is 2.28. The van der Waals surface area contributed by atoms with Gasteiger partial charge in [0.25, 0.3) is 0 Å². The van der Waals surface area contributed by atoms with Gasteiger partial charge in [0.2, 0.25) is 6.71 Å². The lowest BCUT2D eigenvalue weighted by molar-refractivity contribution is 1.49. The molecule has 0 saturated carbocycles. The molecule has 0 saturated heterocycles. The van der Waals surface area contributed by atoms with Gasteiger partial charge in [-0.1, -0.05) is 77.4 Å². The van der Waals surface area contributed by atoms with Gasteiger partial charge in [-0.3, -0.25) is 0 Å². The van der Waals surface area contributed by atoms with Crippen LogP contribution in [0, 0.1) is 13.8 Å². The summed E-state index contributed by atoms with van der Waals surface area (Å²) in [6.45, 7) is 7.13. The third-order valence-electron chi connectivity index (χ3n) is 3.31. The van der Waals surface area contributed by atoms with E-state index in [4.69, 9.17) is 0 Å². The van der Waals surface area contributed by atoms with Crippen LogP contribution in [0.3, 0.4) is 0 Å². The fraction of sp³-hybridized carbons (Fsp3) is 0.200. The van der Waals surface area contributed by atoms with Gasteiger partial charge in [0.05, 0.1) is 0 Å². The van der Waals surface area contributed by atoms with Gasteiger partial charge in [-0.05, 0) is 13.8 Å². The zero-order chi connectivity index (χ0) is 11.5. The van der Waals surface area contributed by atoms with Crippen LogP contribution in [-0.2, 0) is 0 Å². The first-order valence-electron chi connectivity index (χ1n) is 5.81. The van der Waals surface area contributed by atoms with Crippen molar-refractivity contribution in [2.24, 2.45) is 0 Å². The first-order chi connectivity index (χ1) is 7.70. The van der Waals surface area contributed by atoms with Crippen molar-refractivity contribution in [3.63, 3.8) is 0 Å². The van der Waals surface area contributed by atoms with E-state index in [0.29, 0.717) is 6.71 Å². The Morgan fingerprint density at radius 2 is 1.06 bits per heavy atom. The van der Waals surface area contributed by atoms with E-state index < -0.39 is 0 Å². The second-order valence-electron chi connectivity index (χ2n) is 4.43. The molecule has 0 N–H and O–H groups in total. The van der Waals surface area contributed by atoms with Gasteiger partial charge in [0.15, 0.2) is 0 Å². The second kappa shape index (κ2) is 4.57. The number of benzene rings is 2. The number of rotatable bonds is 2. The monoisotopic (exact) mass is 208 g/mol. The fourth-order valence-electron chi connectivity index (χ4n) is 2.31. The van der Waals surface area contributed by atoms with Gasteiger partial charge >= 0.3 is 0 Å². The molecule has 0 bridgehead atoms. The van der Waals surface area contributed by atoms with Gasteiger partial charge in [0, 0.05) is 0 Å². The maximum Gasteiger partial charge on any atom is 0.206 e. The molecule has 2 aromatic rings. The first-order valence-corrected chi connectivity index (χ1v) is 5.81. The number of hydrogen-bond acceptors (Lipinski definition) is 0.